The maximum absolute atomic E-state index is 5.82. The number of pyridine rings is 1. The SMILES string of the molecule is Cc1cc(C2C(c3ccccn3)NC(=S)N2CCN(C)C)c(C)n1-c1ccc(N(C)C)cc1. The van der Waals surface area contributed by atoms with E-state index in [1.165, 1.54) is 28.3 Å². The molecule has 1 aliphatic heterocycles. The lowest BCUT2D eigenvalue weighted by atomic mass is 9.97. The second-order valence-corrected chi connectivity index (χ2v) is 9.58. The highest BCUT2D eigenvalue weighted by molar-refractivity contribution is 7.80. The fraction of sp³-hybridized carbons (Fsp3) is 0.385. The van der Waals surface area contributed by atoms with Crippen LogP contribution in [0.1, 0.15) is 34.7 Å². The van der Waals surface area contributed by atoms with E-state index >= 15 is 0 Å². The summed E-state index contributed by atoms with van der Waals surface area (Å²) in [6.07, 6.45) is 1.86. The number of rotatable bonds is 7. The van der Waals surface area contributed by atoms with Crippen molar-refractivity contribution in [3.63, 3.8) is 0 Å². The van der Waals surface area contributed by atoms with Crippen molar-refractivity contribution in [2.24, 2.45) is 0 Å². The number of aryl methyl sites for hydroxylation is 1. The van der Waals surface area contributed by atoms with E-state index in [0.29, 0.717) is 0 Å². The van der Waals surface area contributed by atoms with Crippen molar-refractivity contribution in [1.82, 2.24) is 24.7 Å². The zero-order valence-electron chi connectivity index (χ0n) is 20.4. The topological polar surface area (TPSA) is 39.6 Å². The Morgan fingerprint density at radius 3 is 2.36 bits per heavy atom. The summed E-state index contributed by atoms with van der Waals surface area (Å²) in [7, 11) is 8.33. The molecule has 1 fully saturated rings. The molecule has 4 rings (SSSR count). The molecule has 6 nitrogen and oxygen atoms in total. The maximum atomic E-state index is 5.82. The normalized spacial score (nSPS) is 18.2. The molecule has 2 unspecified atom stereocenters. The van der Waals surface area contributed by atoms with E-state index in [4.69, 9.17) is 12.2 Å². The lowest BCUT2D eigenvalue weighted by Gasteiger charge is -2.29. The average molecular weight is 463 g/mol. The summed E-state index contributed by atoms with van der Waals surface area (Å²) >= 11 is 5.82. The van der Waals surface area contributed by atoms with Crippen LogP contribution in [0.25, 0.3) is 5.69 Å². The molecule has 1 N–H and O–H groups in total. The van der Waals surface area contributed by atoms with Gasteiger partial charge in [-0.05, 0) is 88.2 Å². The predicted molar refractivity (Wildman–Crippen MR) is 140 cm³/mol. The van der Waals surface area contributed by atoms with Gasteiger partial charge < -0.3 is 24.6 Å². The van der Waals surface area contributed by atoms with Crippen LogP contribution in [-0.2, 0) is 0 Å². The summed E-state index contributed by atoms with van der Waals surface area (Å²) in [5.41, 5.74) is 7.10. The van der Waals surface area contributed by atoms with Crippen molar-refractivity contribution in [3.05, 3.63) is 77.4 Å². The van der Waals surface area contributed by atoms with Crippen molar-refractivity contribution >= 4 is 23.0 Å². The van der Waals surface area contributed by atoms with Crippen molar-refractivity contribution in [2.75, 3.05) is 46.2 Å². The van der Waals surface area contributed by atoms with E-state index in [0.717, 1.165) is 23.9 Å². The molecule has 0 spiro atoms. The van der Waals surface area contributed by atoms with Crippen molar-refractivity contribution < 1.29 is 0 Å². The van der Waals surface area contributed by atoms with Crippen molar-refractivity contribution in [2.45, 2.75) is 25.9 Å². The van der Waals surface area contributed by atoms with Crippen LogP contribution in [0, 0.1) is 13.8 Å². The number of nitrogens with one attached hydrogen (secondary N) is 1. The fourth-order valence-electron chi connectivity index (χ4n) is 4.68. The predicted octanol–water partition coefficient (Wildman–Crippen LogP) is 4.09. The van der Waals surface area contributed by atoms with E-state index in [1.54, 1.807) is 0 Å². The zero-order chi connectivity index (χ0) is 23.7. The molecular formula is C26H34N6S. The van der Waals surface area contributed by atoms with Gasteiger partial charge in [0.15, 0.2) is 5.11 Å². The molecular weight excluding hydrogens is 428 g/mol. The number of likely N-dealkylation sites (N-methyl/N-ethyl adjacent to an activating group) is 1. The molecule has 7 heteroatoms. The smallest absolute Gasteiger partial charge is 0.170 e. The van der Waals surface area contributed by atoms with Crippen LogP contribution in [0.5, 0.6) is 0 Å². The number of nitrogens with zero attached hydrogens (tertiary/aromatic N) is 5. The molecule has 1 saturated heterocycles. The first-order valence-corrected chi connectivity index (χ1v) is 11.8. The first kappa shape index (κ1) is 23.3. The van der Waals surface area contributed by atoms with Crippen LogP contribution in [0.15, 0.2) is 54.7 Å². The summed E-state index contributed by atoms with van der Waals surface area (Å²) in [6, 6.07) is 17.2. The molecule has 0 radical (unpaired) electrons. The molecule has 2 aromatic heterocycles. The average Bonchev–Trinajstić information content (AvgIpc) is 3.27. The highest BCUT2D eigenvalue weighted by Gasteiger charge is 2.41. The lowest BCUT2D eigenvalue weighted by molar-refractivity contribution is 0.277. The Morgan fingerprint density at radius 1 is 1.03 bits per heavy atom. The minimum Gasteiger partial charge on any atom is -0.378 e. The Hall–Kier alpha value is -2.90. The fourth-order valence-corrected chi connectivity index (χ4v) is 5.01. The number of thiocarbonyl (C=S) groups is 1. The molecule has 0 aliphatic carbocycles. The van der Waals surface area contributed by atoms with Gasteiger partial charge in [0.25, 0.3) is 0 Å². The molecule has 0 saturated carbocycles. The van der Waals surface area contributed by atoms with Crippen LogP contribution in [0.3, 0.4) is 0 Å². The zero-order valence-corrected chi connectivity index (χ0v) is 21.2. The van der Waals surface area contributed by atoms with Crippen molar-refractivity contribution in [3.8, 4) is 5.69 Å². The molecule has 2 atom stereocenters. The van der Waals surface area contributed by atoms with Gasteiger partial charge >= 0.3 is 0 Å². The van der Waals surface area contributed by atoms with Gasteiger partial charge in [-0.1, -0.05) is 6.07 Å². The monoisotopic (exact) mass is 462 g/mol. The van der Waals surface area contributed by atoms with E-state index in [-0.39, 0.29) is 12.1 Å². The highest BCUT2D eigenvalue weighted by atomic mass is 32.1. The Morgan fingerprint density at radius 2 is 1.76 bits per heavy atom. The van der Waals surface area contributed by atoms with Crippen LogP contribution in [0.4, 0.5) is 5.69 Å². The number of hydrogen-bond donors (Lipinski definition) is 1. The first-order valence-electron chi connectivity index (χ1n) is 11.4. The first-order chi connectivity index (χ1) is 15.8. The summed E-state index contributed by atoms with van der Waals surface area (Å²) < 4.78 is 2.34. The second kappa shape index (κ2) is 9.53. The van der Waals surface area contributed by atoms with Gasteiger partial charge in [-0.25, -0.2) is 0 Å². The number of benzene rings is 1. The summed E-state index contributed by atoms with van der Waals surface area (Å²) in [4.78, 5) is 11.3. The van der Waals surface area contributed by atoms with Gasteiger partial charge in [0.2, 0.25) is 0 Å². The van der Waals surface area contributed by atoms with E-state index < -0.39 is 0 Å². The summed E-state index contributed by atoms with van der Waals surface area (Å²) in [5, 5.41) is 4.36. The summed E-state index contributed by atoms with van der Waals surface area (Å²) in [5.74, 6) is 0. The summed E-state index contributed by atoms with van der Waals surface area (Å²) in [6.45, 7) is 6.17. The van der Waals surface area contributed by atoms with Crippen LogP contribution < -0.4 is 10.2 Å². The molecule has 3 aromatic rings. The quantitative estimate of drug-likeness (QED) is 0.534. The molecule has 1 aromatic carbocycles. The van der Waals surface area contributed by atoms with E-state index in [2.05, 4.69) is 108 Å². The lowest BCUT2D eigenvalue weighted by Crippen LogP contribution is -2.35. The largest absolute Gasteiger partial charge is 0.378 e. The molecule has 1 aliphatic rings. The van der Waals surface area contributed by atoms with Gasteiger partial charge in [-0.15, -0.1) is 0 Å². The second-order valence-electron chi connectivity index (χ2n) is 9.20. The van der Waals surface area contributed by atoms with E-state index in [9.17, 15) is 0 Å². The van der Waals surface area contributed by atoms with Crippen molar-refractivity contribution in [1.29, 1.82) is 0 Å². The molecule has 33 heavy (non-hydrogen) atoms. The van der Waals surface area contributed by atoms with Gasteiger partial charge in [0.05, 0.1) is 17.8 Å². The molecule has 174 valence electrons. The van der Waals surface area contributed by atoms with E-state index in [1.807, 2.05) is 18.3 Å². The van der Waals surface area contributed by atoms with Crippen LogP contribution in [0.2, 0.25) is 0 Å². The third-order valence-electron chi connectivity index (χ3n) is 6.40. The maximum Gasteiger partial charge on any atom is 0.170 e. The Bertz CT molecular complexity index is 1100. The minimum absolute atomic E-state index is 0.00549. The Labute approximate surface area is 202 Å². The van der Waals surface area contributed by atoms with Gasteiger partial charge in [0, 0.05) is 56.1 Å². The third kappa shape index (κ3) is 4.61. The highest BCUT2D eigenvalue weighted by Crippen LogP contribution is 2.41. The number of anilines is 1. The minimum atomic E-state index is 0.00549. The Kier molecular flexibility index (Phi) is 6.72. The Balaban J connectivity index is 1.77. The molecule has 3 heterocycles. The number of hydrogen-bond acceptors (Lipinski definition) is 4. The van der Waals surface area contributed by atoms with Gasteiger partial charge in [0.1, 0.15) is 0 Å². The van der Waals surface area contributed by atoms with Gasteiger partial charge in [-0.3, -0.25) is 4.98 Å². The van der Waals surface area contributed by atoms with Gasteiger partial charge in [-0.2, -0.15) is 0 Å². The van der Waals surface area contributed by atoms with Crippen LogP contribution >= 0.6 is 12.2 Å². The van der Waals surface area contributed by atoms with Crippen LogP contribution in [-0.4, -0.2) is 65.7 Å². The standard InChI is InChI=1S/C26H34N6S/c1-18-17-22(19(2)32(18)21-12-10-20(11-13-21)30(5)6)25-24(23-9-7-8-14-27-23)28-26(33)31(25)16-15-29(3)4/h7-14,17,24-25H,15-16H2,1-6H3,(H,28,33). The third-order valence-corrected chi connectivity index (χ3v) is 6.75. The molecule has 0 amide bonds. The molecule has 0 bridgehead atoms. The number of aromatic nitrogens is 2.